The SMILES string of the molecule is O=S(=O)(Cc1cc(-n2nccn2)c(F)cc1F)c1cc(Cl)cc(Cl)c1O. The molecule has 0 unspecified atom stereocenters. The number of aromatic nitrogens is 3. The molecule has 0 aliphatic rings. The lowest BCUT2D eigenvalue weighted by Crippen LogP contribution is -2.10. The van der Waals surface area contributed by atoms with E-state index >= 15 is 0 Å². The number of phenols is 1. The number of hydrogen-bond acceptors (Lipinski definition) is 5. The van der Waals surface area contributed by atoms with Gasteiger partial charge in [0.25, 0.3) is 0 Å². The molecule has 3 aromatic rings. The highest BCUT2D eigenvalue weighted by Crippen LogP contribution is 2.36. The summed E-state index contributed by atoms with van der Waals surface area (Å²) in [7, 11) is -4.24. The molecule has 0 aliphatic carbocycles. The number of aromatic hydroxyl groups is 1. The molecule has 136 valence electrons. The van der Waals surface area contributed by atoms with E-state index in [9.17, 15) is 22.3 Å². The lowest BCUT2D eigenvalue weighted by atomic mass is 10.2. The molecule has 3 rings (SSSR count). The maximum atomic E-state index is 14.1. The smallest absolute Gasteiger partial charge is 0.186 e. The molecule has 11 heteroatoms. The predicted molar refractivity (Wildman–Crippen MR) is 90.3 cm³/mol. The van der Waals surface area contributed by atoms with Crippen LogP contribution in [0.3, 0.4) is 0 Å². The lowest BCUT2D eigenvalue weighted by Gasteiger charge is -2.11. The van der Waals surface area contributed by atoms with Crippen molar-refractivity contribution in [1.82, 2.24) is 15.0 Å². The van der Waals surface area contributed by atoms with Crippen molar-refractivity contribution in [2.75, 3.05) is 0 Å². The summed E-state index contributed by atoms with van der Waals surface area (Å²) in [5.41, 5.74) is -0.566. The van der Waals surface area contributed by atoms with E-state index in [4.69, 9.17) is 23.2 Å². The van der Waals surface area contributed by atoms with Gasteiger partial charge in [0.2, 0.25) is 0 Å². The molecule has 0 spiro atoms. The van der Waals surface area contributed by atoms with Gasteiger partial charge in [-0.1, -0.05) is 23.2 Å². The number of rotatable bonds is 4. The molecule has 2 aromatic carbocycles. The fraction of sp³-hybridized carbons (Fsp3) is 0.0667. The number of benzene rings is 2. The van der Waals surface area contributed by atoms with Crippen LogP contribution in [0.1, 0.15) is 5.56 Å². The van der Waals surface area contributed by atoms with Crippen molar-refractivity contribution in [3.63, 3.8) is 0 Å². The average Bonchev–Trinajstić information content (AvgIpc) is 3.07. The van der Waals surface area contributed by atoms with Crippen LogP contribution in [-0.2, 0) is 15.6 Å². The Labute approximate surface area is 156 Å². The van der Waals surface area contributed by atoms with E-state index in [1.165, 1.54) is 12.4 Å². The number of hydrogen-bond donors (Lipinski definition) is 1. The van der Waals surface area contributed by atoms with Crippen molar-refractivity contribution in [2.45, 2.75) is 10.6 Å². The molecule has 6 nitrogen and oxygen atoms in total. The minimum atomic E-state index is -4.24. The molecule has 1 heterocycles. The summed E-state index contributed by atoms with van der Waals surface area (Å²) < 4.78 is 53.2. The first kappa shape index (κ1) is 18.6. The Morgan fingerprint density at radius 3 is 2.35 bits per heavy atom. The number of sulfone groups is 1. The number of phenolic OH excluding ortho intramolecular Hbond substituents is 1. The Morgan fingerprint density at radius 2 is 1.69 bits per heavy atom. The van der Waals surface area contributed by atoms with Crippen molar-refractivity contribution < 1.29 is 22.3 Å². The summed E-state index contributed by atoms with van der Waals surface area (Å²) in [6.45, 7) is 0. The van der Waals surface area contributed by atoms with E-state index in [1.807, 2.05) is 0 Å². The zero-order valence-corrected chi connectivity index (χ0v) is 15.0. The van der Waals surface area contributed by atoms with Crippen LogP contribution in [0, 0.1) is 11.6 Å². The molecule has 1 N–H and O–H groups in total. The normalized spacial score (nSPS) is 11.7. The summed E-state index contributed by atoms with van der Waals surface area (Å²) in [6, 6.07) is 3.67. The van der Waals surface area contributed by atoms with E-state index in [0.29, 0.717) is 6.07 Å². The van der Waals surface area contributed by atoms with E-state index in [0.717, 1.165) is 23.0 Å². The monoisotopic (exact) mass is 419 g/mol. The quantitative estimate of drug-likeness (QED) is 0.698. The van der Waals surface area contributed by atoms with Gasteiger partial charge in [-0.3, -0.25) is 0 Å². The molecule has 0 atom stereocenters. The summed E-state index contributed by atoms with van der Waals surface area (Å²) in [5, 5.41) is 17.1. The zero-order valence-electron chi connectivity index (χ0n) is 12.7. The van der Waals surface area contributed by atoms with E-state index in [1.54, 1.807) is 0 Å². The van der Waals surface area contributed by atoms with Crippen LogP contribution in [0.5, 0.6) is 5.75 Å². The lowest BCUT2D eigenvalue weighted by molar-refractivity contribution is 0.459. The van der Waals surface area contributed by atoms with Crippen molar-refractivity contribution in [3.05, 3.63) is 63.9 Å². The van der Waals surface area contributed by atoms with Crippen molar-refractivity contribution in [2.24, 2.45) is 0 Å². The Kier molecular flexibility index (Phi) is 4.87. The Balaban J connectivity index is 2.07. The summed E-state index contributed by atoms with van der Waals surface area (Å²) in [5.74, 6) is -3.60. The average molecular weight is 420 g/mol. The Bertz CT molecular complexity index is 1090. The van der Waals surface area contributed by atoms with Crippen LogP contribution in [-0.4, -0.2) is 28.5 Å². The molecule has 0 fully saturated rings. The van der Waals surface area contributed by atoms with Gasteiger partial charge in [-0.2, -0.15) is 10.2 Å². The van der Waals surface area contributed by atoms with Crippen molar-refractivity contribution in [1.29, 1.82) is 0 Å². The first-order valence-electron chi connectivity index (χ1n) is 6.94. The largest absolute Gasteiger partial charge is 0.505 e. The minimum Gasteiger partial charge on any atom is -0.505 e. The number of halogens is 4. The molecule has 0 radical (unpaired) electrons. The Morgan fingerprint density at radius 1 is 1.04 bits per heavy atom. The zero-order chi connectivity index (χ0) is 19.1. The molecular formula is C15H9Cl2F2N3O3S. The predicted octanol–water partition coefficient (Wildman–Crippen LogP) is 3.53. The van der Waals surface area contributed by atoms with Gasteiger partial charge in [-0.05, 0) is 18.2 Å². The topological polar surface area (TPSA) is 85.1 Å². The minimum absolute atomic E-state index is 0.0209. The molecular weight excluding hydrogens is 411 g/mol. The van der Waals surface area contributed by atoms with Crippen LogP contribution in [0.25, 0.3) is 5.69 Å². The first-order chi connectivity index (χ1) is 12.2. The standard InChI is InChI=1S/C15H9Cl2F2N3O3S/c16-9-4-10(17)15(23)14(5-9)26(24,25)7-8-3-13(12(19)6-11(8)18)22-20-1-2-21-22/h1-6,23H,7H2. The van der Waals surface area contributed by atoms with E-state index in [2.05, 4.69) is 10.2 Å². The summed E-state index contributed by atoms with van der Waals surface area (Å²) >= 11 is 11.5. The van der Waals surface area contributed by atoms with Gasteiger partial charge < -0.3 is 5.11 Å². The van der Waals surface area contributed by atoms with E-state index < -0.39 is 37.9 Å². The van der Waals surface area contributed by atoms with Crippen molar-refractivity contribution in [3.8, 4) is 11.4 Å². The third kappa shape index (κ3) is 3.50. The molecule has 26 heavy (non-hydrogen) atoms. The molecule has 0 saturated carbocycles. The molecule has 0 aliphatic heterocycles. The molecule has 0 saturated heterocycles. The third-order valence-corrected chi connectivity index (χ3v) is 5.60. The summed E-state index contributed by atoms with van der Waals surface area (Å²) in [4.78, 5) is 0.330. The van der Waals surface area contributed by atoms with Crippen LogP contribution >= 0.6 is 23.2 Å². The van der Waals surface area contributed by atoms with Gasteiger partial charge in [-0.15, -0.1) is 4.80 Å². The van der Waals surface area contributed by atoms with Gasteiger partial charge in [-0.25, -0.2) is 17.2 Å². The first-order valence-corrected chi connectivity index (χ1v) is 9.35. The Hall–Kier alpha value is -2.23. The molecule has 0 bridgehead atoms. The highest BCUT2D eigenvalue weighted by Gasteiger charge is 2.25. The fourth-order valence-corrected chi connectivity index (χ4v) is 4.36. The fourth-order valence-electron chi connectivity index (χ4n) is 2.25. The van der Waals surface area contributed by atoms with Gasteiger partial charge in [0.15, 0.2) is 21.4 Å². The summed E-state index contributed by atoms with van der Waals surface area (Å²) in [6.07, 6.45) is 2.57. The van der Waals surface area contributed by atoms with Gasteiger partial charge >= 0.3 is 0 Å². The second kappa shape index (κ2) is 6.82. The molecule has 1 aromatic heterocycles. The van der Waals surface area contributed by atoms with Crippen LogP contribution in [0.4, 0.5) is 8.78 Å². The van der Waals surface area contributed by atoms with E-state index in [-0.39, 0.29) is 21.3 Å². The maximum absolute atomic E-state index is 14.1. The third-order valence-electron chi connectivity index (χ3n) is 3.42. The van der Waals surface area contributed by atoms with Crippen molar-refractivity contribution >= 4 is 33.0 Å². The van der Waals surface area contributed by atoms with Crippen LogP contribution in [0.15, 0.2) is 41.6 Å². The number of nitrogens with zero attached hydrogens (tertiary/aromatic N) is 3. The van der Waals surface area contributed by atoms with Crippen LogP contribution in [0.2, 0.25) is 10.0 Å². The van der Waals surface area contributed by atoms with Crippen LogP contribution < -0.4 is 0 Å². The highest BCUT2D eigenvalue weighted by atomic mass is 35.5. The van der Waals surface area contributed by atoms with Gasteiger partial charge in [0, 0.05) is 16.7 Å². The second-order valence-corrected chi connectivity index (χ2v) is 8.01. The second-order valence-electron chi connectivity index (χ2n) is 5.21. The van der Waals surface area contributed by atoms with Gasteiger partial charge in [0.05, 0.1) is 23.2 Å². The molecule has 0 amide bonds. The maximum Gasteiger partial charge on any atom is 0.186 e. The van der Waals surface area contributed by atoms with Gasteiger partial charge in [0.1, 0.15) is 16.4 Å². The highest BCUT2D eigenvalue weighted by molar-refractivity contribution is 7.90.